The molecular formula is C16H19NSi. The Hall–Kier alpha value is -1.38. The molecule has 0 saturated carbocycles. The van der Waals surface area contributed by atoms with Crippen molar-refractivity contribution >= 4 is 18.6 Å². The van der Waals surface area contributed by atoms with E-state index in [4.69, 9.17) is 0 Å². The van der Waals surface area contributed by atoms with Crippen molar-refractivity contribution in [3.63, 3.8) is 0 Å². The third-order valence-corrected chi connectivity index (χ3v) is 8.53. The quantitative estimate of drug-likeness (QED) is 0.809. The van der Waals surface area contributed by atoms with E-state index < -0.39 is 8.24 Å². The summed E-state index contributed by atoms with van der Waals surface area (Å²) in [6, 6.07) is 23.4. The standard InChI is InChI=1S/C16H19NSi/c1-3-9-15(10-4-1)18(14-8-7-13-17-18)16-11-5-2-6-12-16/h1-6,9-12,17H,7-8,13-14H2. The average Bonchev–Trinajstić information content (AvgIpc) is 2.50. The van der Waals surface area contributed by atoms with Crippen LogP contribution in [0.5, 0.6) is 0 Å². The summed E-state index contributed by atoms with van der Waals surface area (Å²) in [5, 5.41) is 3.05. The van der Waals surface area contributed by atoms with Gasteiger partial charge in [-0.15, -0.1) is 0 Å². The second-order valence-electron chi connectivity index (χ2n) is 5.02. The third kappa shape index (κ3) is 2.02. The molecule has 0 aliphatic carbocycles. The minimum atomic E-state index is -1.68. The van der Waals surface area contributed by atoms with Gasteiger partial charge >= 0.3 is 0 Å². The van der Waals surface area contributed by atoms with Crippen LogP contribution in [0.1, 0.15) is 12.8 Å². The van der Waals surface area contributed by atoms with Gasteiger partial charge in [-0.2, -0.15) is 0 Å². The second kappa shape index (κ2) is 5.08. The van der Waals surface area contributed by atoms with Crippen molar-refractivity contribution in [2.24, 2.45) is 0 Å². The van der Waals surface area contributed by atoms with Crippen molar-refractivity contribution in [2.45, 2.75) is 18.9 Å². The number of hydrogen-bond acceptors (Lipinski definition) is 1. The van der Waals surface area contributed by atoms with Gasteiger partial charge in [-0.1, -0.05) is 67.1 Å². The number of rotatable bonds is 2. The smallest absolute Gasteiger partial charge is 0.189 e. The highest BCUT2D eigenvalue weighted by atomic mass is 28.3. The molecule has 1 saturated heterocycles. The van der Waals surface area contributed by atoms with Crippen LogP contribution in [0.25, 0.3) is 0 Å². The summed E-state index contributed by atoms with van der Waals surface area (Å²) < 4.78 is 0. The Morgan fingerprint density at radius 2 is 1.28 bits per heavy atom. The molecule has 0 atom stereocenters. The first kappa shape index (κ1) is 11.7. The molecule has 1 aliphatic heterocycles. The van der Waals surface area contributed by atoms with Crippen LogP contribution in [0.2, 0.25) is 6.04 Å². The molecule has 0 unspecified atom stereocenters. The first-order valence-electron chi connectivity index (χ1n) is 6.78. The molecule has 2 aromatic rings. The molecule has 2 heteroatoms. The van der Waals surface area contributed by atoms with E-state index in [-0.39, 0.29) is 0 Å². The van der Waals surface area contributed by atoms with Crippen molar-refractivity contribution in [1.29, 1.82) is 0 Å². The van der Waals surface area contributed by atoms with E-state index in [1.165, 1.54) is 29.3 Å². The fourth-order valence-electron chi connectivity index (χ4n) is 3.01. The van der Waals surface area contributed by atoms with Crippen molar-refractivity contribution in [3.8, 4) is 0 Å². The van der Waals surface area contributed by atoms with E-state index >= 15 is 0 Å². The highest BCUT2D eigenvalue weighted by Gasteiger charge is 2.38. The topological polar surface area (TPSA) is 12.0 Å². The van der Waals surface area contributed by atoms with Gasteiger partial charge in [0.25, 0.3) is 0 Å². The predicted octanol–water partition coefficient (Wildman–Crippen LogP) is 2.13. The summed E-state index contributed by atoms with van der Waals surface area (Å²) in [6.07, 6.45) is 2.66. The molecule has 1 nitrogen and oxygen atoms in total. The molecule has 3 rings (SSSR count). The second-order valence-corrected chi connectivity index (χ2v) is 8.84. The van der Waals surface area contributed by atoms with Crippen LogP contribution in [0.3, 0.4) is 0 Å². The first-order valence-corrected chi connectivity index (χ1v) is 8.99. The zero-order valence-corrected chi connectivity index (χ0v) is 11.6. The molecule has 0 aromatic heterocycles. The summed E-state index contributed by atoms with van der Waals surface area (Å²) in [5.41, 5.74) is 0. The number of hydrogen-bond donors (Lipinski definition) is 1. The van der Waals surface area contributed by atoms with E-state index in [1.807, 2.05) is 0 Å². The van der Waals surface area contributed by atoms with Crippen LogP contribution in [0.4, 0.5) is 0 Å². The Morgan fingerprint density at radius 1 is 0.722 bits per heavy atom. The molecule has 2 aromatic carbocycles. The van der Waals surface area contributed by atoms with Crippen molar-refractivity contribution in [3.05, 3.63) is 60.7 Å². The summed E-state index contributed by atoms with van der Waals surface area (Å²) in [6.45, 7) is 1.16. The van der Waals surface area contributed by atoms with E-state index in [1.54, 1.807) is 0 Å². The maximum Gasteiger partial charge on any atom is 0.189 e. The van der Waals surface area contributed by atoms with E-state index in [0.29, 0.717) is 0 Å². The lowest BCUT2D eigenvalue weighted by Gasteiger charge is -2.37. The molecule has 1 aliphatic rings. The zero-order valence-electron chi connectivity index (χ0n) is 10.6. The van der Waals surface area contributed by atoms with Crippen molar-refractivity contribution < 1.29 is 0 Å². The third-order valence-electron chi connectivity index (χ3n) is 3.94. The first-order chi connectivity index (χ1) is 8.92. The molecule has 92 valence electrons. The Morgan fingerprint density at radius 3 is 1.72 bits per heavy atom. The fourth-order valence-corrected chi connectivity index (χ4v) is 7.41. The van der Waals surface area contributed by atoms with Crippen molar-refractivity contribution in [2.75, 3.05) is 6.54 Å². The molecule has 0 radical (unpaired) electrons. The highest BCUT2D eigenvalue weighted by Crippen LogP contribution is 2.16. The lowest BCUT2D eigenvalue weighted by Crippen LogP contribution is -2.70. The largest absolute Gasteiger partial charge is 0.330 e. The van der Waals surface area contributed by atoms with Crippen LogP contribution >= 0.6 is 0 Å². The van der Waals surface area contributed by atoms with Crippen LogP contribution in [0, 0.1) is 0 Å². The van der Waals surface area contributed by atoms with Gasteiger partial charge in [0.2, 0.25) is 0 Å². The molecule has 0 spiro atoms. The molecule has 1 fully saturated rings. The molecule has 1 heterocycles. The monoisotopic (exact) mass is 253 g/mol. The Bertz CT molecular complexity index is 448. The van der Waals surface area contributed by atoms with Gasteiger partial charge in [0.15, 0.2) is 8.24 Å². The van der Waals surface area contributed by atoms with Gasteiger partial charge in [0.1, 0.15) is 0 Å². The van der Waals surface area contributed by atoms with Crippen LogP contribution in [0.15, 0.2) is 60.7 Å². The normalized spacial score (nSPS) is 18.4. The molecule has 18 heavy (non-hydrogen) atoms. The fraction of sp³-hybridized carbons (Fsp3) is 0.250. The summed E-state index contributed by atoms with van der Waals surface area (Å²) in [7, 11) is -1.68. The Labute approximate surface area is 110 Å². The summed E-state index contributed by atoms with van der Waals surface area (Å²) in [5.74, 6) is 0. The van der Waals surface area contributed by atoms with Crippen molar-refractivity contribution in [1.82, 2.24) is 4.98 Å². The maximum atomic E-state index is 3.90. The van der Waals surface area contributed by atoms with E-state index in [0.717, 1.165) is 6.54 Å². The Kier molecular flexibility index (Phi) is 3.30. The number of nitrogens with one attached hydrogen (secondary N) is 1. The molecule has 0 bridgehead atoms. The summed E-state index contributed by atoms with van der Waals surface area (Å²) in [4.78, 5) is 3.90. The number of benzene rings is 2. The van der Waals surface area contributed by atoms with Gasteiger partial charge in [0.05, 0.1) is 0 Å². The molecular weight excluding hydrogens is 234 g/mol. The lowest BCUT2D eigenvalue weighted by atomic mass is 10.3. The predicted molar refractivity (Wildman–Crippen MR) is 79.9 cm³/mol. The van der Waals surface area contributed by atoms with Crippen LogP contribution < -0.4 is 15.4 Å². The Balaban J connectivity index is 2.10. The summed E-state index contributed by atoms with van der Waals surface area (Å²) >= 11 is 0. The molecule has 1 N–H and O–H groups in total. The maximum absolute atomic E-state index is 3.90. The van der Waals surface area contributed by atoms with Gasteiger partial charge in [-0.05, 0) is 29.4 Å². The lowest BCUT2D eigenvalue weighted by molar-refractivity contribution is 0.704. The van der Waals surface area contributed by atoms with Crippen LogP contribution in [-0.2, 0) is 0 Å². The SMILES string of the molecule is c1ccc([Si]2(c3ccccc3)CCCCN2)cc1. The minimum Gasteiger partial charge on any atom is -0.330 e. The van der Waals surface area contributed by atoms with Gasteiger partial charge in [0, 0.05) is 0 Å². The average molecular weight is 253 g/mol. The zero-order chi connectivity index (χ0) is 12.3. The minimum absolute atomic E-state index is 1.16. The van der Waals surface area contributed by atoms with Gasteiger partial charge < -0.3 is 4.98 Å². The van der Waals surface area contributed by atoms with Crippen LogP contribution in [-0.4, -0.2) is 14.8 Å². The van der Waals surface area contributed by atoms with Gasteiger partial charge in [-0.3, -0.25) is 0 Å². The highest BCUT2D eigenvalue weighted by molar-refractivity contribution is 7.00. The van der Waals surface area contributed by atoms with E-state index in [2.05, 4.69) is 65.6 Å². The molecule has 0 amide bonds. The van der Waals surface area contributed by atoms with Gasteiger partial charge in [-0.25, -0.2) is 0 Å². The van der Waals surface area contributed by atoms with E-state index in [9.17, 15) is 0 Å².